The third-order valence-electron chi connectivity index (χ3n) is 3.61. The largest absolute Gasteiger partial charge is 0.495 e. The number of nitrogens with zero attached hydrogens (tertiary/aromatic N) is 1. The van der Waals surface area contributed by atoms with Crippen LogP contribution in [0.25, 0.3) is 0 Å². The number of amides is 1. The summed E-state index contributed by atoms with van der Waals surface area (Å²) in [6.07, 6.45) is -0.419. The monoisotopic (exact) mass is 382 g/mol. The molecule has 0 radical (unpaired) electrons. The molecule has 0 unspecified atom stereocenters. The van der Waals surface area contributed by atoms with Crippen LogP contribution >= 0.6 is 11.6 Å². The minimum absolute atomic E-state index is 0.0605. The molecular weight excluding hydrogens is 368 g/mol. The van der Waals surface area contributed by atoms with Crippen LogP contribution in [0.15, 0.2) is 47.4 Å². The third-order valence-corrected chi connectivity index (χ3v) is 5.24. The van der Waals surface area contributed by atoms with E-state index in [1.807, 2.05) is 0 Å². The van der Waals surface area contributed by atoms with Gasteiger partial charge < -0.3 is 9.47 Å². The summed E-state index contributed by atoms with van der Waals surface area (Å²) in [5.74, 6) is 0.188. The summed E-state index contributed by atoms with van der Waals surface area (Å²) >= 11 is 5.89. The van der Waals surface area contributed by atoms with Crippen molar-refractivity contribution in [3.8, 4) is 5.75 Å². The van der Waals surface area contributed by atoms with Gasteiger partial charge in [-0.3, -0.25) is 9.62 Å². The minimum atomic E-state index is -3.89. The first-order valence-electron chi connectivity index (χ1n) is 7.31. The Morgan fingerprint density at radius 2 is 1.92 bits per heavy atom. The molecular formula is C16H15ClN2O5S. The molecule has 132 valence electrons. The maximum atomic E-state index is 12.6. The van der Waals surface area contributed by atoms with Gasteiger partial charge in [-0.1, -0.05) is 11.6 Å². The molecule has 1 N–H and O–H groups in total. The molecule has 25 heavy (non-hydrogen) atoms. The zero-order valence-corrected chi connectivity index (χ0v) is 14.8. The van der Waals surface area contributed by atoms with Crippen molar-refractivity contribution < 1.29 is 22.7 Å². The van der Waals surface area contributed by atoms with E-state index in [9.17, 15) is 13.2 Å². The van der Waals surface area contributed by atoms with Crippen molar-refractivity contribution in [2.45, 2.75) is 4.90 Å². The van der Waals surface area contributed by atoms with E-state index < -0.39 is 16.1 Å². The molecule has 2 aromatic carbocycles. The number of carbonyl (C=O) groups excluding carboxylic acids is 1. The number of anilines is 2. The Morgan fingerprint density at radius 3 is 2.52 bits per heavy atom. The Balaban J connectivity index is 1.84. The maximum absolute atomic E-state index is 12.6. The van der Waals surface area contributed by atoms with Gasteiger partial charge in [0, 0.05) is 16.4 Å². The highest BCUT2D eigenvalue weighted by molar-refractivity contribution is 7.92. The fourth-order valence-corrected chi connectivity index (χ4v) is 3.90. The summed E-state index contributed by atoms with van der Waals surface area (Å²) in [4.78, 5) is 13.0. The van der Waals surface area contributed by atoms with Crippen LogP contribution in [0.4, 0.5) is 16.2 Å². The average molecular weight is 383 g/mol. The van der Waals surface area contributed by atoms with Crippen molar-refractivity contribution in [2.75, 3.05) is 29.9 Å². The van der Waals surface area contributed by atoms with Crippen LogP contribution in [0.2, 0.25) is 5.02 Å². The highest BCUT2D eigenvalue weighted by Crippen LogP contribution is 2.29. The quantitative estimate of drug-likeness (QED) is 0.858. The second kappa shape index (κ2) is 6.81. The van der Waals surface area contributed by atoms with Gasteiger partial charge in [-0.2, -0.15) is 0 Å². The highest BCUT2D eigenvalue weighted by Gasteiger charge is 2.24. The Morgan fingerprint density at radius 1 is 1.20 bits per heavy atom. The number of nitrogens with one attached hydrogen (secondary N) is 1. The summed E-state index contributed by atoms with van der Waals surface area (Å²) in [7, 11) is -2.50. The van der Waals surface area contributed by atoms with E-state index in [0.717, 1.165) is 0 Å². The summed E-state index contributed by atoms with van der Waals surface area (Å²) in [5, 5.41) is 0.282. The Labute approximate surface area is 150 Å². The number of ether oxygens (including phenoxy) is 2. The van der Waals surface area contributed by atoms with Gasteiger partial charge >= 0.3 is 6.09 Å². The standard InChI is InChI=1S/C16H15ClN2O5S/c1-23-14-7-2-11(17)10-15(14)25(21,22)18-12-3-5-13(6-4-12)19-8-9-24-16(19)20/h2-7,10,18H,8-9H2,1H3. The lowest BCUT2D eigenvalue weighted by Gasteiger charge is -2.14. The third kappa shape index (κ3) is 3.64. The molecule has 3 rings (SSSR count). The lowest BCUT2D eigenvalue weighted by atomic mass is 10.2. The fourth-order valence-electron chi connectivity index (χ4n) is 2.41. The number of cyclic esters (lactones) is 1. The van der Waals surface area contributed by atoms with Crippen LogP contribution in [-0.2, 0) is 14.8 Å². The van der Waals surface area contributed by atoms with Crippen LogP contribution in [-0.4, -0.2) is 34.8 Å². The first-order valence-corrected chi connectivity index (χ1v) is 9.17. The molecule has 1 amide bonds. The van der Waals surface area contributed by atoms with Gasteiger partial charge in [0.05, 0.1) is 13.7 Å². The Kier molecular flexibility index (Phi) is 4.73. The fraction of sp³-hybridized carbons (Fsp3) is 0.188. The van der Waals surface area contributed by atoms with Crippen LogP contribution in [0.5, 0.6) is 5.75 Å². The SMILES string of the molecule is COc1ccc(Cl)cc1S(=O)(=O)Nc1ccc(N2CCOC2=O)cc1. The van der Waals surface area contributed by atoms with Crippen LogP contribution in [0.1, 0.15) is 0 Å². The number of halogens is 1. The molecule has 0 saturated carbocycles. The summed E-state index contributed by atoms with van der Waals surface area (Å²) in [5.41, 5.74) is 0.976. The van der Waals surface area contributed by atoms with Crippen molar-refractivity contribution in [1.82, 2.24) is 0 Å². The zero-order chi connectivity index (χ0) is 18.0. The van der Waals surface area contributed by atoms with E-state index in [2.05, 4.69) is 4.72 Å². The van der Waals surface area contributed by atoms with E-state index in [1.54, 1.807) is 30.3 Å². The smallest absolute Gasteiger partial charge is 0.414 e. The highest BCUT2D eigenvalue weighted by atomic mass is 35.5. The number of methoxy groups -OCH3 is 1. The second-order valence-electron chi connectivity index (χ2n) is 5.21. The first-order chi connectivity index (χ1) is 11.9. The molecule has 9 heteroatoms. The second-order valence-corrected chi connectivity index (χ2v) is 7.30. The Hall–Kier alpha value is -2.45. The van der Waals surface area contributed by atoms with Crippen LogP contribution in [0, 0.1) is 0 Å². The zero-order valence-electron chi connectivity index (χ0n) is 13.2. The van der Waals surface area contributed by atoms with Gasteiger partial charge in [0.1, 0.15) is 17.3 Å². The van der Waals surface area contributed by atoms with Crippen molar-refractivity contribution in [2.24, 2.45) is 0 Å². The predicted octanol–water partition coefficient (Wildman–Crippen LogP) is 3.11. The number of hydrogen-bond donors (Lipinski definition) is 1. The normalized spacial score (nSPS) is 14.3. The molecule has 0 aromatic heterocycles. The van der Waals surface area contributed by atoms with Gasteiger partial charge in [0.15, 0.2) is 0 Å². The Bertz CT molecular complexity index is 899. The number of rotatable bonds is 5. The lowest BCUT2D eigenvalue weighted by Crippen LogP contribution is -2.23. The molecule has 1 fully saturated rings. The van der Waals surface area contributed by atoms with Crippen molar-refractivity contribution in [1.29, 1.82) is 0 Å². The molecule has 1 aliphatic heterocycles. The predicted molar refractivity (Wildman–Crippen MR) is 93.9 cm³/mol. The van der Waals surface area contributed by atoms with E-state index in [4.69, 9.17) is 21.1 Å². The topological polar surface area (TPSA) is 84.9 Å². The van der Waals surface area contributed by atoms with E-state index >= 15 is 0 Å². The van der Waals surface area contributed by atoms with Gasteiger partial charge in [-0.05, 0) is 42.5 Å². The van der Waals surface area contributed by atoms with E-state index in [1.165, 1.54) is 24.1 Å². The molecule has 0 aliphatic carbocycles. The van der Waals surface area contributed by atoms with E-state index in [0.29, 0.717) is 24.5 Å². The number of carbonyl (C=O) groups is 1. The number of benzene rings is 2. The van der Waals surface area contributed by atoms with Crippen LogP contribution in [0.3, 0.4) is 0 Å². The molecule has 1 heterocycles. The van der Waals surface area contributed by atoms with Crippen LogP contribution < -0.4 is 14.4 Å². The summed E-state index contributed by atoms with van der Waals surface area (Å²) in [6, 6.07) is 10.8. The van der Waals surface area contributed by atoms with Crippen molar-refractivity contribution >= 4 is 39.1 Å². The molecule has 2 aromatic rings. The minimum Gasteiger partial charge on any atom is -0.495 e. The van der Waals surface area contributed by atoms with Gasteiger partial charge in [0.2, 0.25) is 0 Å². The summed E-state index contributed by atoms with van der Waals surface area (Å²) in [6.45, 7) is 0.797. The molecule has 1 saturated heterocycles. The molecule has 0 spiro atoms. The average Bonchev–Trinajstić information content (AvgIpc) is 3.01. The number of sulfonamides is 1. The van der Waals surface area contributed by atoms with E-state index in [-0.39, 0.29) is 15.7 Å². The molecule has 1 aliphatic rings. The maximum Gasteiger partial charge on any atom is 0.414 e. The van der Waals surface area contributed by atoms with Crippen molar-refractivity contribution in [3.63, 3.8) is 0 Å². The molecule has 0 bridgehead atoms. The number of hydrogen-bond acceptors (Lipinski definition) is 5. The molecule has 0 atom stereocenters. The van der Waals surface area contributed by atoms with Crippen molar-refractivity contribution in [3.05, 3.63) is 47.5 Å². The lowest BCUT2D eigenvalue weighted by molar-refractivity contribution is 0.181. The van der Waals surface area contributed by atoms with Gasteiger partial charge in [0.25, 0.3) is 10.0 Å². The van der Waals surface area contributed by atoms with Gasteiger partial charge in [-0.15, -0.1) is 0 Å². The molecule has 7 nitrogen and oxygen atoms in total. The van der Waals surface area contributed by atoms with Gasteiger partial charge in [-0.25, -0.2) is 13.2 Å². The summed E-state index contributed by atoms with van der Waals surface area (Å²) < 4.78 is 37.6. The first kappa shape index (κ1) is 17.4.